The van der Waals surface area contributed by atoms with E-state index >= 15 is 0 Å². The maximum absolute atomic E-state index is 12.9. The number of hydrogen-bond acceptors (Lipinski definition) is 6. The molecule has 0 saturated carbocycles. The van der Waals surface area contributed by atoms with Crippen molar-refractivity contribution in [1.29, 1.82) is 0 Å². The molecular formula is C13H16F3N5O2. The molecule has 0 saturated heterocycles. The Morgan fingerprint density at radius 2 is 1.96 bits per heavy atom. The molecule has 2 aromatic rings. The number of fused-ring (bicyclic) bond motifs is 1. The van der Waals surface area contributed by atoms with Gasteiger partial charge in [0.25, 0.3) is 5.82 Å². The van der Waals surface area contributed by atoms with Crippen molar-refractivity contribution in [1.82, 2.24) is 19.8 Å². The molecule has 0 aliphatic rings. The van der Waals surface area contributed by atoms with Crippen LogP contribution in [0, 0.1) is 19.8 Å². The molecule has 0 radical (unpaired) electrons. The number of anilines is 1. The van der Waals surface area contributed by atoms with Crippen LogP contribution in [0.2, 0.25) is 0 Å². The van der Waals surface area contributed by atoms with E-state index in [1.165, 1.54) is 7.11 Å². The standard InChI is InChI=1S/C13H16F3N5O2/c1-6(11(22)23-4)5-17-9-7(2)8(3)10-18-19-12(13(14,15)16)21(10)20-9/h6H,5H2,1-4H3,(H,17,20). The largest absolute Gasteiger partial charge is 0.469 e. The molecule has 126 valence electrons. The Morgan fingerprint density at radius 1 is 1.30 bits per heavy atom. The summed E-state index contributed by atoms with van der Waals surface area (Å²) >= 11 is 0. The Kier molecular flexibility index (Phi) is 4.44. The fraction of sp³-hybridized carbons (Fsp3) is 0.538. The van der Waals surface area contributed by atoms with E-state index in [1.54, 1.807) is 20.8 Å². The van der Waals surface area contributed by atoms with Gasteiger partial charge in [-0.3, -0.25) is 4.79 Å². The summed E-state index contributed by atoms with van der Waals surface area (Å²) in [5.74, 6) is -1.86. The van der Waals surface area contributed by atoms with Gasteiger partial charge >= 0.3 is 12.1 Å². The van der Waals surface area contributed by atoms with Crippen LogP contribution < -0.4 is 5.32 Å². The minimum absolute atomic E-state index is 0.0430. The number of carbonyl (C=O) groups is 1. The summed E-state index contributed by atoms with van der Waals surface area (Å²) in [4.78, 5) is 11.4. The highest BCUT2D eigenvalue weighted by molar-refractivity contribution is 5.72. The summed E-state index contributed by atoms with van der Waals surface area (Å²) in [5.41, 5.74) is 1.20. The molecule has 10 heteroatoms. The van der Waals surface area contributed by atoms with Gasteiger partial charge in [-0.1, -0.05) is 6.92 Å². The van der Waals surface area contributed by atoms with Gasteiger partial charge in [0, 0.05) is 12.1 Å². The average Bonchev–Trinajstić information content (AvgIpc) is 2.92. The fourth-order valence-electron chi connectivity index (χ4n) is 2.01. The van der Waals surface area contributed by atoms with Crippen LogP contribution in [-0.4, -0.2) is 39.4 Å². The Labute approximate surface area is 129 Å². The van der Waals surface area contributed by atoms with Crippen LogP contribution >= 0.6 is 0 Å². The smallest absolute Gasteiger partial charge is 0.453 e. The van der Waals surface area contributed by atoms with E-state index in [2.05, 4.69) is 25.3 Å². The van der Waals surface area contributed by atoms with Crippen molar-refractivity contribution < 1.29 is 22.7 Å². The van der Waals surface area contributed by atoms with Crippen LogP contribution in [0.3, 0.4) is 0 Å². The van der Waals surface area contributed by atoms with Crippen LogP contribution in [-0.2, 0) is 15.7 Å². The molecule has 2 heterocycles. The quantitative estimate of drug-likeness (QED) is 0.863. The minimum atomic E-state index is -4.66. The molecule has 0 spiro atoms. The van der Waals surface area contributed by atoms with Gasteiger partial charge in [0.05, 0.1) is 13.0 Å². The zero-order valence-corrected chi connectivity index (χ0v) is 13.0. The summed E-state index contributed by atoms with van der Waals surface area (Å²) in [6.45, 7) is 5.15. The zero-order chi connectivity index (χ0) is 17.4. The highest BCUT2D eigenvalue weighted by Crippen LogP contribution is 2.29. The van der Waals surface area contributed by atoms with Gasteiger partial charge in [-0.2, -0.15) is 17.7 Å². The van der Waals surface area contributed by atoms with Crippen molar-refractivity contribution in [3.63, 3.8) is 0 Å². The molecule has 7 nitrogen and oxygen atoms in total. The van der Waals surface area contributed by atoms with Gasteiger partial charge in [0.2, 0.25) is 0 Å². The molecule has 0 amide bonds. The Morgan fingerprint density at radius 3 is 2.52 bits per heavy atom. The molecule has 0 aliphatic carbocycles. The number of esters is 1. The van der Waals surface area contributed by atoms with Crippen LogP contribution in [0.1, 0.15) is 23.9 Å². The van der Waals surface area contributed by atoms with Crippen molar-refractivity contribution in [2.45, 2.75) is 26.9 Å². The van der Waals surface area contributed by atoms with Gasteiger partial charge in [-0.15, -0.1) is 15.3 Å². The average molecular weight is 331 g/mol. The lowest BCUT2D eigenvalue weighted by atomic mass is 10.1. The van der Waals surface area contributed by atoms with Gasteiger partial charge in [-0.05, 0) is 19.4 Å². The summed E-state index contributed by atoms with van der Waals surface area (Å²) < 4.78 is 44.1. The number of ether oxygens (including phenoxy) is 1. The van der Waals surface area contributed by atoms with E-state index in [0.29, 0.717) is 15.6 Å². The normalized spacial score (nSPS) is 13.2. The predicted octanol–water partition coefficient (Wildman–Crippen LogP) is 1.98. The number of nitrogens with one attached hydrogen (secondary N) is 1. The molecule has 0 bridgehead atoms. The van der Waals surface area contributed by atoms with Gasteiger partial charge in [0.1, 0.15) is 5.82 Å². The first-order valence-electron chi connectivity index (χ1n) is 6.78. The van der Waals surface area contributed by atoms with E-state index < -0.39 is 23.9 Å². The Bertz CT molecular complexity index is 741. The molecule has 2 rings (SSSR count). The Hall–Kier alpha value is -2.39. The molecule has 2 aromatic heterocycles. The van der Waals surface area contributed by atoms with Crippen molar-refractivity contribution >= 4 is 17.4 Å². The maximum Gasteiger partial charge on any atom is 0.453 e. The van der Waals surface area contributed by atoms with E-state index in [1.807, 2.05) is 0 Å². The van der Waals surface area contributed by atoms with Crippen molar-refractivity contribution in [3.05, 3.63) is 17.0 Å². The van der Waals surface area contributed by atoms with Gasteiger partial charge < -0.3 is 10.1 Å². The molecular weight excluding hydrogens is 315 g/mol. The number of carbonyl (C=O) groups excluding carboxylic acids is 1. The monoisotopic (exact) mass is 331 g/mol. The topological polar surface area (TPSA) is 81.4 Å². The number of nitrogens with zero attached hydrogens (tertiary/aromatic N) is 4. The second-order valence-electron chi connectivity index (χ2n) is 5.16. The Balaban J connectivity index is 2.40. The van der Waals surface area contributed by atoms with E-state index in [0.717, 1.165) is 0 Å². The molecule has 0 fully saturated rings. The van der Waals surface area contributed by atoms with Crippen LogP contribution in [0.4, 0.5) is 19.0 Å². The number of halogens is 3. The number of rotatable bonds is 4. The lowest BCUT2D eigenvalue weighted by molar-refractivity contribution is -0.146. The third-order valence-corrected chi connectivity index (χ3v) is 3.53. The third-order valence-electron chi connectivity index (χ3n) is 3.53. The highest BCUT2D eigenvalue weighted by Gasteiger charge is 2.38. The highest BCUT2D eigenvalue weighted by atomic mass is 19.4. The summed E-state index contributed by atoms with van der Waals surface area (Å²) in [6.07, 6.45) is -4.66. The first-order valence-corrected chi connectivity index (χ1v) is 6.78. The molecule has 1 atom stereocenters. The fourth-order valence-corrected chi connectivity index (χ4v) is 2.01. The zero-order valence-electron chi connectivity index (χ0n) is 13.0. The second-order valence-corrected chi connectivity index (χ2v) is 5.16. The summed E-state index contributed by atoms with van der Waals surface area (Å²) in [5, 5.41) is 13.5. The van der Waals surface area contributed by atoms with E-state index in [9.17, 15) is 18.0 Å². The van der Waals surface area contributed by atoms with Gasteiger partial charge in [0.15, 0.2) is 5.65 Å². The van der Waals surface area contributed by atoms with Gasteiger partial charge in [-0.25, -0.2) is 0 Å². The van der Waals surface area contributed by atoms with E-state index in [4.69, 9.17) is 0 Å². The lowest BCUT2D eigenvalue weighted by Crippen LogP contribution is -2.23. The molecule has 1 N–H and O–H groups in total. The predicted molar refractivity (Wildman–Crippen MR) is 74.9 cm³/mol. The number of aromatic nitrogens is 4. The number of alkyl halides is 3. The van der Waals surface area contributed by atoms with Crippen LogP contribution in [0.15, 0.2) is 0 Å². The summed E-state index contributed by atoms with van der Waals surface area (Å²) in [6, 6.07) is 0. The minimum Gasteiger partial charge on any atom is -0.469 e. The first kappa shape index (κ1) is 17.0. The number of aryl methyl sites for hydroxylation is 1. The van der Waals surface area contributed by atoms with Crippen molar-refractivity contribution in [3.8, 4) is 0 Å². The molecule has 23 heavy (non-hydrogen) atoms. The first-order chi connectivity index (χ1) is 10.7. The molecule has 0 aromatic carbocycles. The maximum atomic E-state index is 12.9. The van der Waals surface area contributed by atoms with Crippen LogP contribution in [0.25, 0.3) is 5.65 Å². The summed E-state index contributed by atoms with van der Waals surface area (Å²) in [7, 11) is 1.27. The lowest BCUT2D eigenvalue weighted by Gasteiger charge is -2.14. The second kappa shape index (κ2) is 6.01. The van der Waals surface area contributed by atoms with Crippen LogP contribution in [0.5, 0.6) is 0 Å². The third kappa shape index (κ3) is 3.20. The number of methoxy groups -OCH3 is 1. The van der Waals surface area contributed by atoms with E-state index in [-0.39, 0.29) is 18.0 Å². The number of hydrogen-bond donors (Lipinski definition) is 1. The van der Waals surface area contributed by atoms with Crippen molar-refractivity contribution in [2.24, 2.45) is 5.92 Å². The SMILES string of the molecule is COC(=O)C(C)CNc1nn2c(C(F)(F)F)nnc2c(C)c1C. The molecule has 1 unspecified atom stereocenters. The molecule has 0 aliphatic heterocycles. The van der Waals surface area contributed by atoms with Crippen molar-refractivity contribution in [2.75, 3.05) is 19.0 Å².